The second-order valence-corrected chi connectivity index (χ2v) is 4.21. The first kappa shape index (κ1) is 18.0. The summed E-state index contributed by atoms with van der Waals surface area (Å²) in [5.41, 5.74) is 2.36. The molecule has 0 saturated heterocycles. The van der Waals surface area contributed by atoms with Gasteiger partial charge in [0.05, 0.1) is 13.2 Å². The molecule has 1 atom stereocenters. The van der Waals surface area contributed by atoms with Crippen LogP contribution in [0.3, 0.4) is 0 Å². The Morgan fingerprint density at radius 2 is 2.11 bits per heavy atom. The Morgan fingerprint density at radius 3 is 2.63 bits per heavy atom. The third-order valence-corrected chi connectivity index (χ3v) is 2.77. The second kappa shape index (κ2) is 9.01. The highest BCUT2D eigenvalue weighted by molar-refractivity contribution is 14.0. The fourth-order valence-corrected chi connectivity index (χ4v) is 1.84. The lowest BCUT2D eigenvalue weighted by Gasteiger charge is -2.20. The number of benzene rings is 1. The van der Waals surface area contributed by atoms with Gasteiger partial charge in [0.1, 0.15) is 5.75 Å². The summed E-state index contributed by atoms with van der Waals surface area (Å²) in [6.07, 6.45) is 0. The number of nitrogens with zero attached hydrogens (tertiary/aromatic N) is 1. The van der Waals surface area contributed by atoms with Gasteiger partial charge in [0.25, 0.3) is 0 Å². The molecule has 4 nitrogen and oxygen atoms in total. The number of aryl methyl sites for hydroxylation is 1. The van der Waals surface area contributed by atoms with Crippen LogP contribution in [0.4, 0.5) is 0 Å². The van der Waals surface area contributed by atoms with Crippen LogP contribution < -0.4 is 15.4 Å². The van der Waals surface area contributed by atoms with E-state index < -0.39 is 0 Å². The molecule has 1 aromatic carbocycles. The van der Waals surface area contributed by atoms with Crippen molar-refractivity contribution in [3.63, 3.8) is 0 Å². The van der Waals surface area contributed by atoms with Crippen LogP contribution in [0, 0.1) is 6.92 Å². The van der Waals surface area contributed by atoms with E-state index >= 15 is 0 Å². The molecular formula is C14H24IN3O. The minimum atomic E-state index is 0. The van der Waals surface area contributed by atoms with Crippen LogP contribution in [-0.4, -0.2) is 26.7 Å². The first-order valence-corrected chi connectivity index (χ1v) is 6.24. The summed E-state index contributed by atoms with van der Waals surface area (Å²) in [5.74, 6) is 1.70. The summed E-state index contributed by atoms with van der Waals surface area (Å²) in [4.78, 5) is 4.17. The molecule has 1 unspecified atom stereocenters. The Kier molecular flexibility index (Phi) is 8.54. The Labute approximate surface area is 133 Å². The van der Waals surface area contributed by atoms with E-state index in [0.29, 0.717) is 0 Å². The molecule has 0 aromatic heterocycles. The number of nitrogens with one attached hydrogen (secondary N) is 2. The van der Waals surface area contributed by atoms with Gasteiger partial charge in [-0.15, -0.1) is 24.0 Å². The summed E-state index contributed by atoms with van der Waals surface area (Å²) in [7, 11) is 3.46. The van der Waals surface area contributed by atoms with E-state index in [2.05, 4.69) is 35.5 Å². The number of aliphatic imine (C=N–C) groups is 1. The molecule has 1 rings (SSSR count). The standard InChI is InChI=1S/C14H23N3O.HI/c1-6-16-14(15-4)17-11(3)12-9-10(2)7-8-13(12)18-5;/h7-9,11H,6H2,1-5H3,(H2,15,16,17);1H. The van der Waals surface area contributed by atoms with E-state index in [9.17, 15) is 0 Å². The molecule has 0 fully saturated rings. The maximum absolute atomic E-state index is 5.40. The van der Waals surface area contributed by atoms with Crippen LogP contribution in [0.2, 0.25) is 0 Å². The average Bonchev–Trinajstić information content (AvgIpc) is 2.38. The summed E-state index contributed by atoms with van der Waals surface area (Å²) < 4.78 is 5.40. The van der Waals surface area contributed by atoms with E-state index in [1.54, 1.807) is 14.2 Å². The van der Waals surface area contributed by atoms with Crippen molar-refractivity contribution in [1.29, 1.82) is 0 Å². The maximum atomic E-state index is 5.40. The highest BCUT2D eigenvalue weighted by atomic mass is 127. The van der Waals surface area contributed by atoms with Crippen LogP contribution in [-0.2, 0) is 0 Å². The van der Waals surface area contributed by atoms with Gasteiger partial charge < -0.3 is 15.4 Å². The molecule has 0 radical (unpaired) electrons. The summed E-state index contributed by atoms with van der Waals surface area (Å²) in [5, 5.41) is 6.53. The number of guanidine groups is 1. The van der Waals surface area contributed by atoms with Gasteiger partial charge in [-0.25, -0.2) is 0 Å². The number of hydrogen-bond acceptors (Lipinski definition) is 2. The Morgan fingerprint density at radius 1 is 1.42 bits per heavy atom. The first-order valence-electron chi connectivity index (χ1n) is 6.24. The molecular weight excluding hydrogens is 353 g/mol. The van der Waals surface area contributed by atoms with Crippen molar-refractivity contribution < 1.29 is 4.74 Å². The minimum Gasteiger partial charge on any atom is -0.496 e. The van der Waals surface area contributed by atoms with Gasteiger partial charge in [-0.2, -0.15) is 0 Å². The van der Waals surface area contributed by atoms with Gasteiger partial charge in [0, 0.05) is 19.2 Å². The number of hydrogen-bond donors (Lipinski definition) is 2. The zero-order valence-electron chi connectivity index (χ0n) is 12.3. The van der Waals surface area contributed by atoms with Gasteiger partial charge in [-0.3, -0.25) is 4.99 Å². The normalized spacial score (nSPS) is 12.4. The molecule has 0 amide bonds. The van der Waals surface area contributed by atoms with Crippen LogP contribution in [0.5, 0.6) is 5.75 Å². The van der Waals surface area contributed by atoms with Crippen molar-refractivity contribution in [3.05, 3.63) is 29.3 Å². The van der Waals surface area contributed by atoms with Gasteiger partial charge >= 0.3 is 0 Å². The monoisotopic (exact) mass is 377 g/mol. The topological polar surface area (TPSA) is 45.7 Å². The molecule has 108 valence electrons. The average molecular weight is 377 g/mol. The molecule has 5 heteroatoms. The molecule has 1 aromatic rings. The predicted molar refractivity (Wildman–Crippen MR) is 91.7 cm³/mol. The van der Waals surface area contributed by atoms with Crippen LogP contribution in [0.25, 0.3) is 0 Å². The predicted octanol–water partition coefficient (Wildman–Crippen LogP) is 2.87. The zero-order chi connectivity index (χ0) is 13.5. The Bertz CT molecular complexity index is 421. The molecule has 2 N–H and O–H groups in total. The summed E-state index contributed by atoms with van der Waals surface area (Å²) in [6.45, 7) is 7.07. The SMILES string of the molecule is CCNC(=NC)NC(C)c1cc(C)ccc1OC.I. The largest absolute Gasteiger partial charge is 0.496 e. The van der Waals surface area contributed by atoms with Gasteiger partial charge in [0.2, 0.25) is 0 Å². The first-order chi connectivity index (χ1) is 8.62. The number of methoxy groups -OCH3 is 1. The molecule has 19 heavy (non-hydrogen) atoms. The third-order valence-electron chi connectivity index (χ3n) is 2.77. The number of ether oxygens (including phenoxy) is 1. The molecule has 0 heterocycles. The highest BCUT2D eigenvalue weighted by Crippen LogP contribution is 2.25. The molecule has 0 spiro atoms. The quantitative estimate of drug-likeness (QED) is 0.482. The molecule has 0 aliphatic rings. The lowest BCUT2D eigenvalue weighted by Crippen LogP contribution is -2.38. The van der Waals surface area contributed by atoms with Gasteiger partial charge in [0.15, 0.2) is 5.96 Å². The molecule has 0 bridgehead atoms. The van der Waals surface area contributed by atoms with E-state index in [0.717, 1.165) is 23.8 Å². The lowest BCUT2D eigenvalue weighted by molar-refractivity contribution is 0.405. The lowest BCUT2D eigenvalue weighted by atomic mass is 10.0. The zero-order valence-corrected chi connectivity index (χ0v) is 14.6. The fourth-order valence-electron chi connectivity index (χ4n) is 1.84. The summed E-state index contributed by atoms with van der Waals surface area (Å²) in [6, 6.07) is 6.32. The number of halogens is 1. The second-order valence-electron chi connectivity index (χ2n) is 4.21. The van der Waals surface area contributed by atoms with Gasteiger partial charge in [-0.1, -0.05) is 17.7 Å². The maximum Gasteiger partial charge on any atom is 0.191 e. The minimum absolute atomic E-state index is 0. The summed E-state index contributed by atoms with van der Waals surface area (Å²) >= 11 is 0. The van der Waals surface area contributed by atoms with Crippen LogP contribution >= 0.6 is 24.0 Å². The Hall–Kier alpha value is -0.980. The van der Waals surface area contributed by atoms with E-state index in [1.165, 1.54) is 5.56 Å². The third kappa shape index (κ3) is 5.26. The van der Waals surface area contributed by atoms with Gasteiger partial charge in [-0.05, 0) is 26.8 Å². The van der Waals surface area contributed by atoms with Crippen molar-refractivity contribution in [2.45, 2.75) is 26.8 Å². The van der Waals surface area contributed by atoms with Crippen molar-refractivity contribution in [1.82, 2.24) is 10.6 Å². The van der Waals surface area contributed by atoms with Crippen molar-refractivity contribution in [2.24, 2.45) is 4.99 Å². The Balaban J connectivity index is 0.00000324. The molecule has 0 aliphatic carbocycles. The van der Waals surface area contributed by atoms with Crippen molar-refractivity contribution >= 4 is 29.9 Å². The van der Waals surface area contributed by atoms with E-state index in [1.807, 2.05) is 19.1 Å². The van der Waals surface area contributed by atoms with E-state index in [-0.39, 0.29) is 30.0 Å². The fraction of sp³-hybridized carbons (Fsp3) is 0.500. The molecule has 0 saturated carbocycles. The number of rotatable bonds is 4. The highest BCUT2D eigenvalue weighted by Gasteiger charge is 2.12. The smallest absolute Gasteiger partial charge is 0.191 e. The van der Waals surface area contributed by atoms with Crippen LogP contribution in [0.15, 0.2) is 23.2 Å². The van der Waals surface area contributed by atoms with Crippen LogP contribution in [0.1, 0.15) is 31.0 Å². The van der Waals surface area contributed by atoms with E-state index in [4.69, 9.17) is 4.74 Å². The van der Waals surface area contributed by atoms with Crippen molar-refractivity contribution in [2.75, 3.05) is 20.7 Å². The van der Waals surface area contributed by atoms with Crippen molar-refractivity contribution in [3.8, 4) is 5.75 Å². The molecule has 0 aliphatic heterocycles.